The summed E-state index contributed by atoms with van der Waals surface area (Å²) in [5.74, 6) is -0.277. The third-order valence-corrected chi connectivity index (χ3v) is 2.04. The fourth-order valence-corrected chi connectivity index (χ4v) is 1.28. The van der Waals surface area contributed by atoms with Gasteiger partial charge in [-0.05, 0) is 6.42 Å². The summed E-state index contributed by atoms with van der Waals surface area (Å²) in [6, 6.07) is 0. The zero-order valence-electron chi connectivity index (χ0n) is 9.82. The highest BCUT2D eigenvalue weighted by atomic mass is 16.7. The molecule has 6 heteroatoms. The van der Waals surface area contributed by atoms with Crippen LogP contribution >= 0.6 is 0 Å². The van der Waals surface area contributed by atoms with E-state index in [2.05, 4.69) is 10.6 Å². The maximum absolute atomic E-state index is 11.7. The number of methoxy groups -OCH3 is 1. The number of aromatic nitrogens is 2. The molecule has 90 valence electrons. The molecule has 0 aliphatic heterocycles. The summed E-state index contributed by atoms with van der Waals surface area (Å²) in [5.41, 5.74) is 3.65. The van der Waals surface area contributed by atoms with Crippen LogP contribution in [0.2, 0.25) is 0 Å². The van der Waals surface area contributed by atoms with Crippen LogP contribution in [0.1, 0.15) is 23.0 Å². The molecule has 1 N–H and O–H groups in total. The molecule has 6 nitrogen and oxygen atoms in total. The predicted molar refractivity (Wildman–Crippen MR) is 57.9 cm³/mol. The number of ether oxygens (including phenoxy) is 1. The lowest BCUT2D eigenvalue weighted by molar-refractivity contribution is 0.00883. The topological polar surface area (TPSA) is 65.4 Å². The maximum Gasteiger partial charge on any atom is 0.278 e. The average Bonchev–Trinajstić information content (AvgIpc) is 2.65. The lowest BCUT2D eigenvalue weighted by Crippen LogP contribution is -2.25. The van der Waals surface area contributed by atoms with Gasteiger partial charge in [-0.25, -0.2) is 5.48 Å². The van der Waals surface area contributed by atoms with Gasteiger partial charge < -0.3 is 4.74 Å². The van der Waals surface area contributed by atoms with Crippen molar-refractivity contribution < 1.29 is 14.4 Å². The summed E-state index contributed by atoms with van der Waals surface area (Å²) in [6.45, 7) is 2.71. The first-order chi connectivity index (χ1) is 7.69. The lowest BCUT2D eigenvalue weighted by atomic mass is 10.2. The Bertz CT molecular complexity index is 349. The molecule has 0 atom stereocenters. The number of hydroxylamine groups is 1. The molecule has 0 spiro atoms. The van der Waals surface area contributed by atoms with Crippen molar-refractivity contribution in [1.82, 2.24) is 15.3 Å². The van der Waals surface area contributed by atoms with Gasteiger partial charge in [0.1, 0.15) is 0 Å². The van der Waals surface area contributed by atoms with Crippen molar-refractivity contribution in [1.29, 1.82) is 0 Å². The van der Waals surface area contributed by atoms with Gasteiger partial charge in [-0.1, -0.05) is 6.92 Å². The minimum absolute atomic E-state index is 0.277. The number of amides is 1. The van der Waals surface area contributed by atoms with E-state index < -0.39 is 0 Å². The van der Waals surface area contributed by atoms with Gasteiger partial charge in [0.05, 0.1) is 24.5 Å². The van der Waals surface area contributed by atoms with E-state index in [1.165, 1.54) is 0 Å². The Kier molecular flexibility index (Phi) is 4.94. The Morgan fingerprint density at radius 3 is 2.94 bits per heavy atom. The molecule has 0 bridgehead atoms. The molecule has 0 saturated carbocycles. The molecule has 0 aromatic carbocycles. The Balaban J connectivity index is 2.51. The number of carbonyl (C=O) groups is 1. The molecule has 1 amide bonds. The van der Waals surface area contributed by atoms with Crippen LogP contribution in [0.3, 0.4) is 0 Å². The average molecular weight is 227 g/mol. The van der Waals surface area contributed by atoms with Crippen molar-refractivity contribution in [2.24, 2.45) is 7.05 Å². The highest BCUT2D eigenvalue weighted by molar-refractivity contribution is 5.94. The smallest absolute Gasteiger partial charge is 0.278 e. The molecule has 1 heterocycles. The van der Waals surface area contributed by atoms with Crippen molar-refractivity contribution in [3.8, 4) is 0 Å². The van der Waals surface area contributed by atoms with Gasteiger partial charge in [0.2, 0.25) is 0 Å². The van der Waals surface area contributed by atoms with Gasteiger partial charge in [-0.3, -0.25) is 14.3 Å². The number of aryl methyl sites for hydroxylation is 2. The van der Waals surface area contributed by atoms with Gasteiger partial charge in [-0.15, -0.1) is 0 Å². The van der Waals surface area contributed by atoms with Crippen molar-refractivity contribution in [3.63, 3.8) is 0 Å². The van der Waals surface area contributed by atoms with Crippen LogP contribution in [-0.4, -0.2) is 36.0 Å². The summed E-state index contributed by atoms with van der Waals surface area (Å²) in [4.78, 5) is 16.6. The van der Waals surface area contributed by atoms with E-state index in [0.29, 0.717) is 25.2 Å². The minimum atomic E-state index is -0.277. The first kappa shape index (κ1) is 12.7. The SMILES string of the molecule is CCc1nn(C)cc1C(=O)NOCCOC. The summed E-state index contributed by atoms with van der Waals surface area (Å²) in [5, 5.41) is 4.17. The largest absolute Gasteiger partial charge is 0.382 e. The first-order valence-electron chi connectivity index (χ1n) is 5.12. The third-order valence-electron chi connectivity index (χ3n) is 2.04. The van der Waals surface area contributed by atoms with E-state index in [1.807, 2.05) is 6.92 Å². The van der Waals surface area contributed by atoms with E-state index in [4.69, 9.17) is 9.57 Å². The molecule has 0 aliphatic carbocycles. The van der Waals surface area contributed by atoms with E-state index in [-0.39, 0.29) is 5.91 Å². The molecule has 1 rings (SSSR count). The fourth-order valence-electron chi connectivity index (χ4n) is 1.28. The Hall–Kier alpha value is -1.40. The molecule has 1 aromatic heterocycles. The number of rotatable bonds is 6. The van der Waals surface area contributed by atoms with E-state index in [0.717, 1.165) is 5.69 Å². The normalized spacial score (nSPS) is 10.4. The second kappa shape index (κ2) is 6.24. The van der Waals surface area contributed by atoms with Crippen molar-refractivity contribution in [3.05, 3.63) is 17.5 Å². The van der Waals surface area contributed by atoms with E-state index >= 15 is 0 Å². The zero-order valence-corrected chi connectivity index (χ0v) is 9.82. The molecule has 0 aliphatic rings. The Labute approximate surface area is 94.5 Å². The first-order valence-corrected chi connectivity index (χ1v) is 5.12. The third kappa shape index (κ3) is 3.32. The van der Waals surface area contributed by atoms with Gasteiger partial charge >= 0.3 is 0 Å². The zero-order chi connectivity index (χ0) is 12.0. The molecule has 0 unspecified atom stereocenters. The van der Waals surface area contributed by atoms with Crippen molar-refractivity contribution in [2.45, 2.75) is 13.3 Å². The van der Waals surface area contributed by atoms with E-state index in [1.54, 1.807) is 25.0 Å². The lowest BCUT2D eigenvalue weighted by Gasteiger charge is -2.04. The molecular weight excluding hydrogens is 210 g/mol. The fraction of sp³-hybridized carbons (Fsp3) is 0.600. The van der Waals surface area contributed by atoms with Crippen LogP contribution in [0.25, 0.3) is 0 Å². The monoisotopic (exact) mass is 227 g/mol. The van der Waals surface area contributed by atoms with Crippen LogP contribution < -0.4 is 5.48 Å². The molecule has 0 fully saturated rings. The van der Waals surface area contributed by atoms with Gasteiger partial charge in [0, 0.05) is 20.4 Å². The minimum Gasteiger partial charge on any atom is -0.382 e. The van der Waals surface area contributed by atoms with Crippen LogP contribution in [0.4, 0.5) is 0 Å². The summed E-state index contributed by atoms with van der Waals surface area (Å²) >= 11 is 0. The number of nitrogens with one attached hydrogen (secondary N) is 1. The van der Waals surface area contributed by atoms with Gasteiger partial charge in [0.15, 0.2) is 0 Å². The molecular formula is C10H17N3O3. The molecule has 16 heavy (non-hydrogen) atoms. The number of hydrogen-bond acceptors (Lipinski definition) is 4. The number of nitrogens with zero attached hydrogens (tertiary/aromatic N) is 2. The van der Waals surface area contributed by atoms with Crippen molar-refractivity contribution in [2.75, 3.05) is 20.3 Å². The van der Waals surface area contributed by atoms with Crippen molar-refractivity contribution >= 4 is 5.91 Å². The number of hydrogen-bond donors (Lipinski definition) is 1. The van der Waals surface area contributed by atoms with Crippen LogP contribution in [-0.2, 0) is 23.0 Å². The van der Waals surface area contributed by atoms with Crippen LogP contribution in [0, 0.1) is 0 Å². The number of carbonyl (C=O) groups excluding carboxylic acids is 1. The Morgan fingerprint density at radius 2 is 2.31 bits per heavy atom. The molecule has 0 saturated heterocycles. The van der Waals surface area contributed by atoms with Gasteiger partial charge in [0.25, 0.3) is 5.91 Å². The highest BCUT2D eigenvalue weighted by Gasteiger charge is 2.13. The van der Waals surface area contributed by atoms with Gasteiger partial charge in [-0.2, -0.15) is 5.10 Å². The molecule has 0 radical (unpaired) electrons. The standard InChI is InChI=1S/C10H17N3O3/c1-4-9-8(7-13(2)11-9)10(14)12-16-6-5-15-3/h7H,4-6H2,1-3H3,(H,12,14). The summed E-state index contributed by atoms with van der Waals surface area (Å²) in [6.07, 6.45) is 2.38. The highest BCUT2D eigenvalue weighted by Crippen LogP contribution is 2.06. The quantitative estimate of drug-likeness (QED) is 0.560. The van der Waals surface area contributed by atoms with Crippen LogP contribution in [0.5, 0.6) is 0 Å². The Morgan fingerprint density at radius 1 is 1.56 bits per heavy atom. The van der Waals surface area contributed by atoms with E-state index in [9.17, 15) is 4.79 Å². The second-order valence-electron chi connectivity index (χ2n) is 3.29. The predicted octanol–water partition coefficient (Wildman–Crippen LogP) is 0.290. The second-order valence-corrected chi connectivity index (χ2v) is 3.29. The molecule has 1 aromatic rings. The summed E-state index contributed by atoms with van der Waals surface area (Å²) < 4.78 is 6.40. The van der Waals surface area contributed by atoms with Crippen LogP contribution in [0.15, 0.2) is 6.20 Å². The summed E-state index contributed by atoms with van der Waals surface area (Å²) in [7, 11) is 3.35. The maximum atomic E-state index is 11.7.